The van der Waals surface area contributed by atoms with Gasteiger partial charge in [-0.3, -0.25) is 9.59 Å². The van der Waals surface area contributed by atoms with E-state index in [0.717, 1.165) is 5.56 Å². The molecule has 0 heterocycles. The highest BCUT2D eigenvalue weighted by Crippen LogP contribution is 2.27. The van der Waals surface area contributed by atoms with Gasteiger partial charge in [0, 0.05) is 17.8 Å². The molecular formula is C20H24N2O4. The van der Waals surface area contributed by atoms with E-state index in [1.165, 1.54) is 0 Å². The predicted molar refractivity (Wildman–Crippen MR) is 102 cm³/mol. The van der Waals surface area contributed by atoms with Crippen molar-refractivity contribution in [3.05, 3.63) is 48.0 Å². The average molecular weight is 356 g/mol. The zero-order valence-corrected chi connectivity index (χ0v) is 15.5. The number of rotatable bonds is 7. The van der Waals surface area contributed by atoms with Crippen molar-refractivity contribution >= 4 is 23.2 Å². The summed E-state index contributed by atoms with van der Waals surface area (Å²) in [6.45, 7) is 5.34. The number of para-hydroxylation sites is 2. The first kappa shape index (κ1) is 19.3. The second kappa shape index (κ2) is 8.89. The quantitative estimate of drug-likeness (QED) is 0.792. The summed E-state index contributed by atoms with van der Waals surface area (Å²) in [5.41, 5.74) is 2.18. The molecule has 0 aliphatic carbocycles. The Bertz CT molecular complexity index is 789. The normalized spacial score (nSPS) is 11.4. The molecule has 2 rings (SSSR count). The van der Waals surface area contributed by atoms with Gasteiger partial charge in [-0.2, -0.15) is 0 Å². The van der Waals surface area contributed by atoms with Crippen LogP contribution in [0.5, 0.6) is 11.5 Å². The second-order valence-electron chi connectivity index (χ2n) is 5.83. The first-order chi connectivity index (χ1) is 12.4. The van der Waals surface area contributed by atoms with Crippen LogP contribution in [-0.2, 0) is 9.59 Å². The number of nitrogens with one attached hydrogen (secondary N) is 2. The van der Waals surface area contributed by atoms with E-state index in [4.69, 9.17) is 9.47 Å². The SMILES string of the molecule is CCC(=O)Nc1cc(NC(=O)C(C)Oc2ccccc2OC)ccc1C. The van der Waals surface area contributed by atoms with Crippen LogP contribution in [0.2, 0.25) is 0 Å². The molecule has 138 valence electrons. The van der Waals surface area contributed by atoms with Gasteiger partial charge in [-0.25, -0.2) is 0 Å². The second-order valence-corrected chi connectivity index (χ2v) is 5.83. The molecule has 0 fully saturated rings. The van der Waals surface area contributed by atoms with Crippen LogP contribution in [0.15, 0.2) is 42.5 Å². The molecule has 2 aromatic rings. The van der Waals surface area contributed by atoms with E-state index in [1.807, 2.05) is 25.1 Å². The number of hydrogen-bond acceptors (Lipinski definition) is 4. The van der Waals surface area contributed by atoms with Crippen molar-refractivity contribution in [3.63, 3.8) is 0 Å². The van der Waals surface area contributed by atoms with Crippen LogP contribution in [-0.4, -0.2) is 25.0 Å². The van der Waals surface area contributed by atoms with Crippen LogP contribution in [0.1, 0.15) is 25.8 Å². The third-order valence-electron chi connectivity index (χ3n) is 3.84. The van der Waals surface area contributed by atoms with Gasteiger partial charge in [0.15, 0.2) is 17.6 Å². The molecule has 0 bridgehead atoms. The Morgan fingerprint density at radius 3 is 2.42 bits per heavy atom. The zero-order chi connectivity index (χ0) is 19.1. The van der Waals surface area contributed by atoms with Crippen LogP contribution in [0.25, 0.3) is 0 Å². The van der Waals surface area contributed by atoms with Crippen molar-refractivity contribution in [2.24, 2.45) is 0 Å². The fourth-order valence-corrected chi connectivity index (χ4v) is 2.28. The first-order valence-electron chi connectivity index (χ1n) is 8.45. The molecule has 0 spiro atoms. The average Bonchev–Trinajstić information content (AvgIpc) is 2.64. The Morgan fingerprint density at radius 1 is 1.08 bits per heavy atom. The summed E-state index contributed by atoms with van der Waals surface area (Å²) in [5, 5.41) is 5.62. The van der Waals surface area contributed by atoms with Crippen LogP contribution >= 0.6 is 0 Å². The fourth-order valence-electron chi connectivity index (χ4n) is 2.28. The maximum atomic E-state index is 12.4. The Balaban J connectivity index is 2.06. The lowest BCUT2D eigenvalue weighted by atomic mass is 10.1. The molecule has 0 aliphatic heterocycles. The van der Waals surface area contributed by atoms with Crippen LogP contribution < -0.4 is 20.1 Å². The molecular weight excluding hydrogens is 332 g/mol. The van der Waals surface area contributed by atoms with Crippen molar-refractivity contribution < 1.29 is 19.1 Å². The number of ether oxygens (including phenoxy) is 2. The van der Waals surface area contributed by atoms with Gasteiger partial charge in [-0.05, 0) is 43.7 Å². The Morgan fingerprint density at radius 2 is 1.77 bits per heavy atom. The third-order valence-corrected chi connectivity index (χ3v) is 3.84. The van der Waals surface area contributed by atoms with Gasteiger partial charge in [-0.1, -0.05) is 25.1 Å². The van der Waals surface area contributed by atoms with E-state index in [1.54, 1.807) is 45.2 Å². The molecule has 6 nitrogen and oxygen atoms in total. The van der Waals surface area contributed by atoms with Crippen molar-refractivity contribution in [3.8, 4) is 11.5 Å². The number of benzene rings is 2. The van der Waals surface area contributed by atoms with E-state index < -0.39 is 6.10 Å². The number of anilines is 2. The van der Waals surface area contributed by atoms with Gasteiger partial charge in [0.1, 0.15) is 0 Å². The summed E-state index contributed by atoms with van der Waals surface area (Å²) in [7, 11) is 1.55. The minimum atomic E-state index is -0.721. The summed E-state index contributed by atoms with van der Waals surface area (Å²) >= 11 is 0. The molecule has 1 atom stereocenters. The van der Waals surface area contributed by atoms with Crippen LogP contribution in [0, 0.1) is 6.92 Å². The topological polar surface area (TPSA) is 76.7 Å². The molecule has 2 aromatic carbocycles. The van der Waals surface area contributed by atoms with Crippen molar-refractivity contribution in [1.29, 1.82) is 0 Å². The van der Waals surface area contributed by atoms with Crippen LogP contribution in [0.3, 0.4) is 0 Å². The van der Waals surface area contributed by atoms with Gasteiger partial charge in [0.25, 0.3) is 5.91 Å². The standard InChI is InChI=1S/C20H24N2O4/c1-5-19(23)22-16-12-15(11-10-13(16)2)21-20(24)14(3)26-18-9-7-6-8-17(18)25-4/h6-12,14H,5H2,1-4H3,(H,21,24)(H,22,23). The summed E-state index contributed by atoms with van der Waals surface area (Å²) in [4.78, 5) is 24.0. The fraction of sp³-hybridized carbons (Fsp3) is 0.300. The highest BCUT2D eigenvalue weighted by molar-refractivity contribution is 5.96. The smallest absolute Gasteiger partial charge is 0.265 e. The lowest BCUT2D eigenvalue weighted by molar-refractivity contribution is -0.122. The van der Waals surface area contributed by atoms with Gasteiger partial charge in [0.05, 0.1) is 7.11 Å². The summed E-state index contributed by atoms with van der Waals surface area (Å²) in [5.74, 6) is 0.682. The Hall–Kier alpha value is -3.02. The monoisotopic (exact) mass is 356 g/mol. The van der Waals surface area contributed by atoms with Crippen molar-refractivity contribution in [2.45, 2.75) is 33.3 Å². The minimum absolute atomic E-state index is 0.0792. The molecule has 0 saturated carbocycles. The van der Waals surface area contributed by atoms with Gasteiger partial charge in [0.2, 0.25) is 5.91 Å². The van der Waals surface area contributed by atoms with E-state index in [-0.39, 0.29) is 11.8 Å². The van der Waals surface area contributed by atoms with Gasteiger partial charge in [-0.15, -0.1) is 0 Å². The number of carbonyl (C=O) groups excluding carboxylic acids is 2. The highest BCUT2D eigenvalue weighted by Gasteiger charge is 2.17. The van der Waals surface area contributed by atoms with Gasteiger partial charge < -0.3 is 20.1 Å². The third kappa shape index (κ3) is 4.99. The van der Waals surface area contributed by atoms with E-state index in [9.17, 15) is 9.59 Å². The Kier molecular flexibility index (Phi) is 6.60. The first-order valence-corrected chi connectivity index (χ1v) is 8.45. The number of aryl methyl sites for hydroxylation is 1. The molecule has 0 aliphatic rings. The molecule has 2 N–H and O–H groups in total. The maximum absolute atomic E-state index is 12.4. The number of carbonyl (C=O) groups is 2. The molecule has 0 aromatic heterocycles. The summed E-state index contributed by atoms with van der Waals surface area (Å²) in [6, 6.07) is 12.5. The molecule has 1 unspecified atom stereocenters. The van der Waals surface area contributed by atoms with E-state index in [2.05, 4.69) is 10.6 Å². The van der Waals surface area contributed by atoms with Crippen molar-refractivity contribution in [1.82, 2.24) is 0 Å². The lowest BCUT2D eigenvalue weighted by Gasteiger charge is -2.17. The number of methoxy groups -OCH3 is 1. The highest BCUT2D eigenvalue weighted by atomic mass is 16.5. The lowest BCUT2D eigenvalue weighted by Crippen LogP contribution is -2.30. The molecule has 0 radical (unpaired) electrons. The van der Waals surface area contributed by atoms with E-state index >= 15 is 0 Å². The number of hydrogen-bond donors (Lipinski definition) is 2. The zero-order valence-electron chi connectivity index (χ0n) is 15.5. The minimum Gasteiger partial charge on any atom is -0.493 e. The predicted octanol–water partition coefficient (Wildman–Crippen LogP) is 3.76. The molecule has 0 saturated heterocycles. The van der Waals surface area contributed by atoms with Crippen LogP contribution in [0.4, 0.5) is 11.4 Å². The maximum Gasteiger partial charge on any atom is 0.265 e. The molecule has 6 heteroatoms. The van der Waals surface area contributed by atoms with Gasteiger partial charge >= 0.3 is 0 Å². The summed E-state index contributed by atoms with van der Waals surface area (Å²) in [6.07, 6.45) is -0.332. The molecule has 2 amide bonds. The number of amides is 2. The summed E-state index contributed by atoms with van der Waals surface area (Å²) < 4.78 is 10.9. The van der Waals surface area contributed by atoms with Crippen molar-refractivity contribution in [2.75, 3.05) is 17.7 Å². The Labute approximate surface area is 153 Å². The van der Waals surface area contributed by atoms with E-state index in [0.29, 0.717) is 29.3 Å². The molecule has 26 heavy (non-hydrogen) atoms. The largest absolute Gasteiger partial charge is 0.493 e.